The molecule has 5 heteroatoms. The molecule has 1 aromatic rings. The van der Waals surface area contributed by atoms with E-state index in [1.54, 1.807) is 0 Å². The number of carboxylic acid groups (broad SMARTS) is 1. The Morgan fingerprint density at radius 1 is 1.56 bits per heavy atom. The molecule has 2 N–H and O–H groups in total. The Labute approximate surface area is 92.5 Å². The summed E-state index contributed by atoms with van der Waals surface area (Å²) in [5.41, 5.74) is 0.480. The number of carboxylic acids is 1. The standard InChI is InChI=1S/C11H11NO4/c1-6(11(14)15)7-3-8(5-12)10(16-2)9(13)4-7/h3-4,6,13H,1-2H3,(H,14,15). The first kappa shape index (κ1) is 11.9. The van der Waals surface area contributed by atoms with Gasteiger partial charge in [0, 0.05) is 0 Å². The number of phenols is 1. The van der Waals surface area contributed by atoms with Gasteiger partial charge in [0.25, 0.3) is 0 Å². The molecule has 0 aliphatic rings. The summed E-state index contributed by atoms with van der Waals surface area (Å²) < 4.78 is 4.84. The van der Waals surface area contributed by atoms with Gasteiger partial charge in [-0.2, -0.15) is 5.26 Å². The average Bonchev–Trinajstić information content (AvgIpc) is 2.26. The molecule has 0 spiro atoms. The molecule has 1 atom stereocenters. The lowest BCUT2D eigenvalue weighted by atomic mass is 9.98. The number of carbonyl (C=O) groups is 1. The van der Waals surface area contributed by atoms with E-state index in [9.17, 15) is 9.90 Å². The molecule has 0 aliphatic carbocycles. The summed E-state index contributed by atoms with van der Waals surface area (Å²) in [4.78, 5) is 10.8. The van der Waals surface area contributed by atoms with Crippen molar-refractivity contribution in [3.63, 3.8) is 0 Å². The molecule has 0 fully saturated rings. The van der Waals surface area contributed by atoms with Crippen LogP contribution in [0.4, 0.5) is 0 Å². The summed E-state index contributed by atoms with van der Waals surface area (Å²) in [5, 5.41) is 27.2. The van der Waals surface area contributed by atoms with E-state index in [1.807, 2.05) is 6.07 Å². The lowest BCUT2D eigenvalue weighted by molar-refractivity contribution is -0.138. The summed E-state index contributed by atoms with van der Waals surface area (Å²) in [6.45, 7) is 1.48. The minimum absolute atomic E-state index is 0.0591. The van der Waals surface area contributed by atoms with Crippen molar-refractivity contribution in [1.29, 1.82) is 5.26 Å². The van der Waals surface area contributed by atoms with Crippen LogP contribution in [0, 0.1) is 11.3 Å². The molecule has 16 heavy (non-hydrogen) atoms. The number of aliphatic carboxylic acids is 1. The summed E-state index contributed by atoms with van der Waals surface area (Å²) >= 11 is 0. The number of rotatable bonds is 3. The second-order valence-electron chi connectivity index (χ2n) is 3.29. The summed E-state index contributed by atoms with van der Waals surface area (Å²) in [7, 11) is 1.33. The van der Waals surface area contributed by atoms with E-state index in [4.69, 9.17) is 15.1 Å². The third-order valence-corrected chi connectivity index (χ3v) is 2.29. The maximum atomic E-state index is 10.8. The fourth-order valence-corrected chi connectivity index (χ4v) is 1.33. The highest BCUT2D eigenvalue weighted by Crippen LogP contribution is 2.33. The Bertz CT molecular complexity index is 462. The second-order valence-corrected chi connectivity index (χ2v) is 3.29. The van der Waals surface area contributed by atoms with Crippen LogP contribution in [0.5, 0.6) is 11.5 Å². The van der Waals surface area contributed by atoms with Gasteiger partial charge in [-0.25, -0.2) is 0 Å². The molecule has 1 rings (SSSR count). The van der Waals surface area contributed by atoms with Gasteiger partial charge in [-0.1, -0.05) is 0 Å². The van der Waals surface area contributed by atoms with E-state index >= 15 is 0 Å². The maximum Gasteiger partial charge on any atom is 0.310 e. The average molecular weight is 221 g/mol. The summed E-state index contributed by atoms with van der Waals surface area (Å²) in [5.74, 6) is -1.98. The van der Waals surface area contributed by atoms with Gasteiger partial charge in [-0.05, 0) is 24.6 Å². The number of nitrogens with zero attached hydrogens (tertiary/aromatic N) is 1. The minimum atomic E-state index is -1.02. The smallest absolute Gasteiger partial charge is 0.310 e. The van der Waals surface area contributed by atoms with Crippen molar-refractivity contribution in [3.05, 3.63) is 23.3 Å². The molecule has 0 aromatic heterocycles. The molecular weight excluding hydrogens is 210 g/mol. The largest absolute Gasteiger partial charge is 0.504 e. The minimum Gasteiger partial charge on any atom is -0.504 e. The van der Waals surface area contributed by atoms with Crippen molar-refractivity contribution in [3.8, 4) is 17.6 Å². The van der Waals surface area contributed by atoms with Crippen LogP contribution in [0.3, 0.4) is 0 Å². The molecule has 1 aromatic carbocycles. The fraction of sp³-hybridized carbons (Fsp3) is 0.273. The molecule has 0 heterocycles. The van der Waals surface area contributed by atoms with Gasteiger partial charge in [-0.15, -0.1) is 0 Å². The van der Waals surface area contributed by atoms with Gasteiger partial charge >= 0.3 is 5.97 Å². The Morgan fingerprint density at radius 3 is 2.62 bits per heavy atom. The van der Waals surface area contributed by atoms with Crippen molar-refractivity contribution >= 4 is 5.97 Å². The zero-order chi connectivity index (χ0) is 12.3. The number of aromatic hydroxyl groups is 1. The molecule has 0 bridgehead atoms. The van der Waals surface area contributed by atoms with Crippen LogP contribution in [0.2, 0.25) is 0 Å². The Hall–Kier alpha value is -2.22. The van der Waals surface area contributed by atoms with Gasteiger partial charge < -0.3 is 14.9 Å². The first-order chi connectivity index (χ1) is 7.51. The highest BCUT2D eigenvalue weighted by Gasteiger charge is 2.18. The Balaban J connectivity index is 3.32. The highest BCUT2D eigenvalue weighted by atomic mass is 16.5. The van der Waals surface area contributed by atoms with Crippen molar-refractivity contribution < 1.29 is 19.7 Å². The maximum absolute atomic E-state index is 10.8. The normalized spacial score (nSPS) is 11.6. The van der Waals surface area contributed by atoms with E-state index in [0.29, 0.717) is 5.56 Å². The molecular formula is C11H11NO4. The molecule has 0 saturated carbocycles. The fourth-order valence-electron chi connectivity index (χ4n) is 1.33. The molecule has 0 amide bonds. The third kappa shape index (κ3) is 2.06. The van der Waals surface area contributed by atoms with Crippen molar-refractivity contribution in [2.24, 2.45) is 0 Å². The molecule has 1 unspecified atom stereocenters. The predicted molar refractivity (Wildman–Crippen MR) is 55.4 cm³/mol. The van der Waals surface area contributed by atoms with Crippen LogP contribution in [0.15, 0.2) is 12.1 Å². The van der Waals surface area contributed by atoms with Crippen molar-refractivity contribution in [1.82, 2.24) is 0 Å². The monoisotopic (exact) mass is 221 g/mol. The predicted octanol–water partition coefficient (Wildman–Crippen LogP) is 1.46. The topological polar surface area (TPSA) is 90.6 Å². The molecule has 84 valence electrons. The molecule has 5 nitrogen and oxygen atoms in total. The van der Waals surface area contributed by atoms with Gasteiger partial charge in [0.1, 0.15) is 6.07 Å². The molecule has 0 saturated heterocycles. The first-order valence-electron chi connectivity index (χ1n) is 4.55. The number of benzene rings is 1. The number of nitriles is 1. The quantitative estimate of drug-likeness (QED) is 0.806. The van der Waals surface area contributed by atoms with Gasteiger partial charge in [-0.3, -0.25) is 4.79 Å². The zero-order valence-electron chi connectivity index (χ0n) is 8.89. The first-order valence-corrected chi connectivity index (χ1v) is 4.55. The number of ether oxygens (including phenoxy) is 1. The van der Waals surface area contributed by atoms with Crippen LogP contribution in [-0.2, 0) is 4.79 Å². The van der Waals surface area contributed by atoms with Crippen LogP contribution in [0.25, 0.3) is 0 Å². The summed E-state index contributed by atoms with van der Waals surface area (Å²) in [6.07, 6.45) is 0. The van der Waals surface area contributed by atoms with Crippen molar-refractivity contribution in [2.75, 3.05) is 7.11 Å². The van der Waals surface area contributed by atoms with E-state index in [1.165, 1.54) is 26.2 Å². The van der Waals surface area contributed by atoms with Crippen LogP contribution in [-0.4, -0.2) is 23.3 Å². The number of phenolic OH excluding ortho intramolecular Hbond substituents is 1. The molecule has 0 radical (unpaired) electrons. The van der Waals surface area contributed by atoms with E-state index in [2.05, 4.69) is 0 Å². The molecule has 0 aliphatic heterocycles. The van der Waals surface area contributed by atoms with E-state index in [0.717, 1.165) is 0 Å². The van der Waals surface area contributed by atoms with Crippen LogP contribution in [0.1, 0.15) is 24.0 Å². The lowest BCUT2D eigenvalue weighted by Crippen LogP contribution is -2.07. The third-order valence-electron chi connectivity index (χ3n) is 2.29. The van der Waals surface area contributed by atoms with Crippen LogP contribution >= 0.6 is 0 Å². The van der Waals surface area contributed by atoms with Crippen LogP contribution < -0.4 is 4.74 Å². The van der Waals surface area contributed by atoms with Gasteiger partial charge in [0.2, 0.25) is 0 Å². The number of hydrogen-bond acceptors (Lipinski definition) is 4. The second kappa shape index (κ2) is 4.53. The lowest BCUT2D eigenvalue weighted by Gasteiger charge is -2.11. The van der Waals surface area contributed by atoms with Crippen molar-refractivity contribution in [2.45, 2.75) is 12.8 Å². The number of hydrogen-bond donors (Lipinski definition) is 2. The Kier molecular flexibility index (Phi) is 3.36. The zero-order valence-corrected chi connectivity index (χ0v) is 8.89. The summed E-state index contributed by atoms with van der Waals surface area (Å²) in [6, 6.07) is 4.53. The van der Waals surface area contributed by atoms with Gasteiger partial charge in [0.15, 0.2) is 11.5 Å². The van der Waals surface area contributed by atoms with E-state index < -0.39 is 11.9 Å². The van der Waals surface area contributed by atoms with E-state index in [-0.39, 0.29) is 17.1 Å². The van der Waals surface area contributed by atoms with Gasteiger partial charge in [0.05, 0.1) is 18.6 Å². The highest BCUT2D eigenvalue weighted by molar-refractivity contribution is 5.76. The number of methoxy groups -OCH3 is 1. The SMILES string of the molecule is COc1c(O)cc(C(C)C(=O)O)cc1C#N. The Morgan fingerprint density at radius 2 is 2.19 bits per heavy atom.